The molecule has 0 unspecified atom stereocenters. The lowest BCUT2D eigenvalue weighted by Crippen LogP contribution is -1.98. The van der Waals surface area contributed by atoms with Gasteiger partial charge in [0.05, 0.1) is 27.6 Å². The van der Waals surface area contributed by atoms with Crippen LogP contribution in [0.4, 0.5) is 0 Å². The maximum absolute atomic E-state index is 4.91. The van der Waals surface area contributed by atoms with Crippen LogP contribution in [0.15, 0.2) is 48.5 Å². The van der Waals surface area contributed by atoms with Gasteiger partial charge in [0.1, 0.15) is 11.3 Å². The van der Waals surface area contributed by atoms with Gasteiger partial charge in [0.2, 0.25) is 0 Å². The topological polar surface area (TPSA) is 59.4 Å². The predicted octanol–water partition coefficient (Wildman–Crippen LogP) is 4.46. The lowest BCUT2D eigenvalue weighted by Gasteiger charge is -2.03. The fourth-order valence-corrected chi connectivity index (χ4v) is 3.55. The van der Waals surface area contributed by atoms with Crippen LogP contribution in [0, 0.1) is 6.92 Å². The van der Waals surface area contributed by atoms with Crippen LogP contribution in [-0.4, -0.2) is 24.5 Å². The minimum atomic E-state index is 0.843. The van der Waals surface area contributed by atoms with Crippen LogP contribution in [0.25, 0.3) is 44.6 Å². The van der Waals surface area contributed by atoms with E-state index in [1.807, 2.05) is 48.5 Å². The van der Waals surface area contributed by atoms with Gasteiger partial charge in [0.25, 0.3) is 0 Å². The molecule has 122 valence electrons. The van der Waals surface area contributed by atoms with Gasteiger partial charge in [-0.25, -0.2) is 15.0 Å². The summed E-state index contributed by atoms with van der Waals surface area (Å²) in [6.07, 6.45) is 0. The normalized spacial score (nSPS) is 11.8. The third-order valence-electron chi connectivity index (χ3n) is 4.75. The van der Waals surface area contributed by atoms with Crippen molar-refractivity contribution in [3.8, 4) is 11.4 Å². The Bertz CT molecular complexity index is 1210. The van der Waals surface area contributed by atoms with Crippen molar-refractivity contribution < 1.29 is 0 Å². The third-order valence-corrected chi connectivity index (χ3v) is 4.75. The highest BCUT2D eigenvalue weighted by Crippen LogP contribution is 2.33. The fourth-order valence-electron chi connectivity index (χ4n) is 3.55. The van der Waals surface area contributed by atoms with E-state index in [1.54, 1.807) is 0 Å². The molecule has 0 atom stereocenters. The van der Waals surface area contributed by atoms with E-state index in [2.05, 4.69) is 23.4 Å². The average molecular weight is 327 g/mol. The lowest BCUT2D eigenvalue weighted by atomic mass is 10.2. The quantitative estimate of drug-likeness (QED) is 0.521. The molecule has 0 bridgehead atoms. The number of aromatic amines is 1. The number of para-hydroxylation sites is 4. The number of rotatable bonds is 2. The molecule has 1 N–H and O–H groups in total. The van der Waals surface area contributed by atoms with Crippen molar-refractivity contribution in [1.29, 1.82) is 0 Å². The van der Waals surface area contributed by atoms with E-state index in [9.17, 15) is 0 Å². The summed E-state index contributed by atoms with van der Waals surface area (Å²) in [5.41, 5.74) is 7.79. The van der Waals surface area contributed by atoms with Gasteiger partial charge in [-0.15, -0.1) is 0 Å². The minimum absolute atomic E-state index is 0.843. The van der Waals surface area contributed by atoms with Gasteiger partial charge < -0.3 is 9.55 Å². The number of nitrogens with one attached hydrogen (secondary N) is 1. The molecule has 5 heteroatoms. The molecular formula is C20H17N5. The second kappa shape index (κ2) is 5.14. The van der Waals surface area contributed by atoms with Gasteiger partial charge >= 0.3 is 0 Å². The van der Waals surface area contributed by atoms with E-state index in [1.165, 1.54) is 0 Å². The Morgan fingerprint density at radius 2 is 1.56 bits per heavy atom. The van der Waals surface area contributed by atoms with E-state index in [-0.39, 0.29) is 0 Å². The Hall–Kier alpha value is -3.21. The van der Waals surface area contributed by atoms with Crippen molar-refractivity contribution in [3.05, 3.63) is 54.2 Å². The zero-order valence-electron chi connectivity index (χ0n) is 14.1. The number of benzene rings is 2. The monoisotopic (exact) mass is 327 g/mol. The van der Waals surface area contributed by atoms with Gasteiger partial charge in [-0.3, -0.25) is 0 Å². The fraction of sp³-hybridized carbons (Fsp3) is 0.150. The number of aromatic nitrogens is 5. The molecule has 3 heterocycles. The van der Waals surface area contributed by atoms with Crippen molar-refractivity contribution in [2.24, 2.45) is 0 Å². The SMILES string of the molecule is CCn1c(C)c(-c2nc3ccccc3[nH]2)c2nc3ccccc3nc21. The summed E-state index contributed by atoms with van der Waals surface area (Å²) in [6, 6.07) is 16.1. The maximum atomic E-state index is 4.91. The first-order valence-corrected chi connectivity index (χ1v) is 8.47. The second-order valence-electron chi connectivity index (χ2n) is 6.19. The summed E-state index contributed by atoms with van der Waals surface area (Å²) in [7, 11) is 0. The zero-order valence-corrected chi connectivity index (χ0v) is 14.1. The Kier molecular flexibility index (Phi) is 2.91. The van der Waals surface area contributed by atoms with E-state index in [0.717, 1.165) is 56.9 Å². The highest BCUT2D eigenvalue weighted by molar-refractivity contribution is 5.97. The van der Waals surface area contributed by atoms with Crippen molar-refractivity contribution in [2.75, 3.05) is 0 Å². The highest BCUT2D eigenvalue weighted by Gasteiger charge is 2.20. The van der Waals surface area contributed by atoms with Crippen LogP contribution in [-0.2, 0) is 6.54 Å². The molecule has 0 fully saturated rings. The van der Waals surface area contributed by atoms with Gasteiger partial charge in [-0.05, 0) is 38.1 Å². The first-order chi connectivity index (χ1) is 12.3. The van der Waals surface area contributed by atoms with Crippen LogP contribution in [0.5, 0.6) is 0 Å². The number of hydrogen-bond acceptors (Lipinski definition) is 3. The molecule has 0 radical (unpaired) electrons. The summed E-state index contributed by atoms with van der Waals surface area (Å²) in [5, 5.41) is 0. The molecule has 0 saturated carbocycles. The molecular weight excluding hydrogens is 310 g/mol. The molecule has 2 aromatic carbocycles. The van der Waals surface area contributed by atoms with E-state index >= 15 is 0 Å². The standard InChI is InChI=1S/C20H17N5/c1-3-25-12(2)17(19-22-14-9-5-6-10-15(14)23-19)18-20(25)24-16-11-7-4-8-13(16)21-18/h4-11H,3H2,1-2H3,(H,22,23). The number of nitrogens with zero attached hydrogens (tertiary/aromatic N) is 4. The van der Waals surface area contributed by atoms with Crippen LogP contribution in [0.2, 0.25) is 0 Å². The number of fused-ring (bicyclic) bond motifs is 3. The van der Waals surface area contributed by atoms with Gasteiger partial charge in [-0.2, -0.15) is 0 Å². The van der Waals surface area contributed by atoms with Crippen molar-refractivity contribution in [2.45, 2.75) is 20.4 Å². The Balaban J connectivity index is 1.90. The van der Waals surface area contributed by atoms with Crippen LogP contribution in [0.1, 0.15) is 12.6 Å². The van der Waals surface area contributed by atoms with Crippen molar-refractivity contribution in [1.82, 2.24) is 24.5 Å². The molecule has 0 spiro atoms. The molecule has 0 aliphatic rings. The first kappa shape index (κ1) is 14.2. The summed E-state index contributed by atoms with van der Waals surface area (Å²) < 4.78 is 2.21. The zero-order chi connectivity index (χ0) is 17.0. The minimum Gasteiger partial charge on any atom is -0.338 e. The van der Waals surface area contributed by atoms with Crippen LogP contribution < -0.4 is 0 Å². The van der Waals surface area contributed by atoms with Crippen molar-refractivity contribution in [3.63, 3.8) is 0 Å². The smallest absolute Gasteiger partial charge is 0.160 e. The number of imidazole rings is 1. The van der Waals surface area contributed by atoms with Crippen LogP contribution in [0.3, 0.4) is 0 Å². The Morgan fingerprint density at radius 1 is 0.880 bits per heavy atom. The molecule has 5 rings (SSSR count). The summed E-state index contributed by atoms with van der Waals surface area (Å²) in [5.74, 6) is 0.848. The van der Waals surface area contributed by atoms with Crippen molar-refractivity contribution >= 4 is 33.2 Å². The molecule has 5 aromatic rings. The molecule has 3 aromatic heterocycles. The molecule has 0 amide bonds. The Labute approximate surface area is 144 Å². The highest BCUT2D eigenvalue weighted by atomic mass is 15.1. The molecule has 0 saturated heterocycles. The number of aryl methyl sites for hydroxylation is 1. The van der Waals surface area contributed by atoms with E-state index in [0.29, 0.717) is 0 Å². The molecule has 0 aliphatic heterocycles. The molecule has 25 heavy (non-hydrogen) atoms. The van der Waals surface area contributed by atoms with Gasteiger partial charge in [-0.1, -0.05) is 24.3 Å². The number of hydrogen-bond donors (Lipinski definition) is 1. The molecule has 0 aliphatic carbocycles. The van der Waals surface area contributed by atoms with E-state index < -0.39 is 0 Å². The molecule has 5 nitrogen and oxygen atoms in total. The lowest BCUT2D eigenvalue weighted by molar-refractivity contribution is 0.762. The summed E-state index contributed by atoms with van der Waals surface area (Å²) in [4.78, 5) is 18.0. The summed E-state index contributed by atoms with van der Waals surface area (Å²) >= 11 is 0. The Morgan fingerprint density at radius 3 is 2.28 bits per heavy atom. The second-order valence-corrected chi connectivity index (χ2v) is 6.19. The predicted molar refractivity (Wildman–Crippen MR) is 101 cm³/mol. The third kappa shape index (κ3) is 1.99. The van der Waals surface area contributed by atoms with Gasteiger partial charge in [0.15, 0.2) is 5.65 Å². The maximum Gasteiger partial charge on any atom is 0.160 e. The van der Waals surface area contributed by atoms with Crippen LogP contribution >= 0.6 is 0 Å². The largest absolute Gasteiger partial charge is 0.338 e. The number of H-pyrrole nitrogens is 1. The van der Waals surface area contributed by atoms with E-state index in [4.69, 9.17) is 15.0 Å². The first-order valence-electron chi connectivity index (χ1n) is 8.47. The summed E-state index contributed by atoms with van der Waals surface area (Å²) in [6.45, 7) is 5.08. The average Bonchev–Trinajstić information content (AvgIpc) is 3.17. The van der Waals surface area contributed by atoms with Gasteiger partial charge in [0, 0.05) is 12.2 Å².